The van der Waals surface area contributed by atoms with Gasteiger partial charge in [0.15, 0.2) is 5.82 Å². The van der Waals surface area contributed by atoms with Crippen LogP contribution in [0.1, 0.15) is 31.1 Å². The predicted molar refractivity (Wildman–Crippen MR) is 109 cm³/mol. The molecule has 1 aromatic heterocycles. The molecular formula is C21H21F2N5O. The van der Waals surface area contributed by atoms with Crippen LogP contribution < -0.4 is 10.6 Å². The predicted octanol–water partition coefficient (Wildman–Crippen LogP) is 4.35. The third kappa shape index (κ3) is 5.71. The third-order valence-electron chi connectivity index (χ3n) is 3.77. The van der Waals surface area contributed by atoms with Crippen molar-refractivity contribution in [2.45, 2.75) is 26.3 Å². The summed E-state index contributed by atoms with van der Waals surface area (Å²) in [7, 11) is 0. The molecule has 0 unspecified atom stereocenters. The SMILES string of the molecule is CC(C)(C)N=C(NC(=O)c1ccc(F)cc1)Nc1cc(-c2ccc(F)cc2)[nH]n1. The van der Waals surface area contributed by atoms with E-state index in [1.165, 1.54) is 36.4 Å². The molecule has 3 N–H and O–H groups in total. The number of amides is 1. The normalized spacial score (nSPS) is 12.0. The summed E-state index contributed by atoms with van der Waals surface area (Å²) in [6.45, 7) is 5.65. The Morgan fingerprint density at radius 2 is 1.59 bits per heavy atom. The number of aliphatic imine (C=N–C) groups is 1. The summed E-state index contributed by atoms with van der Waals surface area (Å²) in [6.07, 6.45) is 0. The van der Waals surface area contributed by atoms with Gasteiger partial charge in [-0.1, -0.05) is 0 Å². The van der Waals surface area contributed by atoms with Crippen molar-refractivity contribution >= 4 is 17.7 Å². The van der Waals surface area contributed by atoms with E-state index >= 15 is 0 Å². The molecule has 0 saturated carbocycles. The summed E-state index contributed by atoms with van der Waals surface area (Å²) in [6, 6.07) is 12.9. The Hall–Kier alpha value is -3.55. The van der Waals surface area contributed by atoms with Crippen LogP contribution in [0.5, 0.6) is 0 Å². The molecule has 3 aromatic rings. The van der Waals surface area contributed by atoms with Gasteiger partial charge in [-0.05, 0) is 74.9 Å². The Bertz CT molecular complexity index is 1020. The van der Waals surface area contributed by atoms with E-state index in [0.29, 0.717) is 17.1 Å². The summed E-state index contributed by atoms with van der Waals surface area (Å²) >= 11 is 0. The van der Waals surface area contributed by atoms with Crippen molar-refractivity contribution in [3.63, 3.8) is 0 Å². The average Bonchev–Trinajstić information content (AvgIpc) is 3.09. The van der Waals surface area contributed by atoms with Crippen molar-refractivity contribution in [1.29, 1.82) is 0 Å². The highest BCUT2D eigenvalue weighted by molar-refractivity contribution is 6.09. The molecule has 2 aromatic carbocycles. The Morgan fingerprint density at radius 1 is 1.00 bits per heavy atom. The van der Waals surface area contributed by atoms with Crippen molar-refractivity contribution in [3.8, 4) is 11.3 Å². The van der Waals surface area contributed by atoms with E-state index in [2.05, 4.69) is 25.8 Å². The molecule has 3 rings (SSSR count). The van der Waals surface area contributed by atoms with E-state index in [0.717, 1.165) is 5.56 Å². The molecule has 0 aliphatic carbocycles. The first-order valence-corrected chi connectivity index (χ1v) is 8.95. The Labute approximate surface area is 167 Å². The van der Waals surface area contributed by atoms with E-state index < -0.39 is 17.3 Å². The van der Waals surface area contributed by atoms with Crippen molar-refractivity contribution in [2.75, 3.05) is 5.32 Å². The maximum Gasteiger partial charge on any atom is 0.257 e. The van der Waals surface area contributed by atoms with Gasteiger partial charge in [-0.2, -0.15) is 5.10 Å². The molecule has 1 heterocycles. The van der Waals surface area contributed by atoms with Gasteiger partial charge in [0.1, 0.15) is 11.6 Å². The van der Waals surface area contributed by atoms with Crippen LogP contribution in [0, 0.1) is 11.6 Å². The van der Waals surface area contributed by atoms with E-state index in [-0.39, 0.29) is 11.8 Å². The monoisotopic (exact) mass is 397 g/mol. The Morgan fingerprint density at radius 3 is 2.17 bits per heavy atom. The maximum atomic E-state index is 13.1. The lowest BCUT2D eigenvalue weighted by molar-refractivity contribution is 0.0976. The minimum Gasteiger partial charge on any atom is -0.309 e. The van der Waals surface area contributed by atoms with Gasteiger partial charge in [0.2, 0.25) is 5.96 Å². The summed E-state index contributed by atoms with van der Waals surface area (Å²) in [4.78, 5) is 17.0. The number of carbonyl (C=O) groups excluding carboxylic acids is 1. The number of aromatic amines is 1. The van der Waals surface area contributed by atoms with Crippen molar-refractivity contribution in [3.05, 3.63) is 71.8 Å². The van der Waals surface area contributed by atoms with Gasteiger partial charge in [0.05, 0.1) is 11.2 Å². The molecule has 0 aliphatic heterocycles. The van der Waals surface area contributed by atoms with Crippen LogP contribution in [0.15, 0.2) is 59.6 Å². The lowest BCUT2D eigenvalue weighted by Crippen LogP contribution is -2.38. The fraction of sp³-hybridized carbons (Fsp3) is 0.190. The smallest absolute Gasteiger partial charge is 0.257 e. The van der Waals surface area contributed by atoms with Gasteiger partial charge in [-0.3, -0.25) is 15.2 Å². The Kier molecular flexibility index (Phi) is 5.72. The summed E-state index contributed by atoms with van der Waals surface area (Å²) in [5.74, 6) is -0.562. The first-order chi connectivity index (χ1) is 13.7. The van der Waals surface area contributed by atoms with Crippen LogP contribution in [0.25, 0.3) is 11.3 Å². The fourth-order valence-corrected chi connectivity index (χ4v) is 2.49. The van der Waals surface area contributed by atoms with E-state index in [1.54, 1.807) is 18.2 Å². The molecule has 29 heavy (non-hydrogen) atoms. The molecule has 6 nitrogen and oxygen atoms in total. The van der Waals surface area contributed by atoms with Gasteiger partial charge < -0.3 is 5.32 Å². The molecule has 0 spiro atoms. The molecule has 0 fully saturated rings. The zero-order valence-corrected chi connectivity index (χ0v) is 16.3. The van der Waals surface area contributed by atoms with Gasteiger partial charge in [-0.15, -0.1) is 0 Å². The maximum absolute atomic E-state index is 13.1. The average molecular weight is 397 g/mol. The first kappa shape index (κ1) is 20.2. The number of H-pyrrole nitrogens is 1. The standard InChI is InChI=1S/C21H21F2N5O/c1-21(2,3)26-20(25-19(29)14-6-10-16(23)11-7-14)24-18-12-17(27-28-18)13-4-8-15(22)9-5-13/h4-12H,1-3H3,(H3,24,25,26,27,28,29). The number of nitrogens with zero attached hydrogens (tertiary/aromatic N) is 2. The second-order valence-corrected chi connectivity index (χ2v) is 7.39. The zero-order valence-electron chi connectivity index (χ0n) is 16.3. The van der Waals surface area contributed by atoms with Gasteiger partial charge in [0, 0.05) is 11.6 Å². The Balaban J connectivity index is 1.79. The number of carbonyl (C=O) groups is 1. The second kappa shape index (κ2) is 8.22. The van der Waals surface area contributed by atoms with Crippen molar-refractivity contribution in [1.82, 2.24) is 15.5 Å². The number of aromatic nitrogens is 2. The number of rotatable bonds is 3. The highest BCUT2D eigenvalue weighted by Gasteiger charge is 2.15. The molecule has 0 aliphatic rings. The lowest BCUT2D eigenvalue weighted by atomic mass is 10.1. The largest absolute Gasteiger partial charge is 0.309 e. The van der Waals surface area contributed by atoms with Crippen molar-refractivity contribution < 1.29 is 13.6 Å². The number of halogens is 2. The number of hydrogen-bond acceptors (Lipinski definition) is 3. The number of nitrogens with one attached hydrogen (secondary N) is 3. The summed E-state index contributed by atoms with van der Waals surface area (Å²) in [5, 5.41) is 12.7. The van der Waals surface area contributed by atoms with Crippen LogP contribution in [0.4, 0.5) is 14.6 Å². The highest BCUT2D eigenvalue weighted by atomic mass is 19.1. The number of hydrogen-bond donors (Lipinski definition) is 3. The molecule has 150 valence electrons. The van der Waals surface area contributed by atoms with E-state index in [9.17, 15) is 13.6 Å². The van der Waals surface area contributed by atoms with Gasteiger partial charge in [-0.25, -0.2) is 13.8 Å². The van der Waals surface area contributed by atoms with Gasteiger partial charge in [0.25, 0.3) is 5.91 Å². The summed E-state index contributed by atoms with van der Waals surface area (Å²) < 4.78 is 26.2. The molecule has 0 atom stereocenters. The molecule has 0 saturated heterocycles. The van der Waals surface area contributed by atoms with E-state index in [1.807, 2.05) is 20.8 Å². The van der Waals surface area contributed by atoms with Crippen LogP contribution >= 0.6 is 0 Å². The number of guanidine groups is 1. The fourth-order valence-electron chi connectivity index (χ4n) is 2.49. The van der Waals surface area contributed by atoms with Gasteiger partial charge >= 0.3 is 0 Å². The van der Waals surface area contributed by atoms with Crippen LogP contribution in [0.2, 0.25) is 0 Å². The topological polar surface area (TPSA) is 82.2 Å². The molecule has 0 bridgehead atoms. The van der Waals surface area contributed by atoms with Crippen LogP contribution in [-0.2, 0) is 0 Å². The second-order valence-electron chi connectivity index (χ2n) is 7.39. The molecule has 0 radical (unpaired) electrons. The van der Waals surface area contributed by atoms with E-state index in [4.69, 9.17) is 0 Å². The molecule has 8 heteroatoms. The molecule has 1 amide bonds. The third-order valence-corrected chi connectivity index (χ3v) is 3.77. The lowest BCUT2D eigenvalue weighted by Gasteiger charge is -2.17. The first-order valence-electron chi connectivity index (χ1n) is 8.95. The van der Waals surface area contributed by atoms with Crippen LogP contribution in [-0.4, -0.2) is 27.6 Å². The number of benzene rings is 2. The highest BCUT2D eigenvalue weighted by Crippen LogP contribution is 2.20. The summed E-state index contributed by atoms with van der Waals surface area (Å²) in [5.41, 5.74) is 1.25. The van der Waals surface area contributed by atoms with Crippen molar-refractivity contribution in [2.24, 2.45) is 4.99 Å². The zero-order chi connectivity index (χ0) is 21.0. The van der Waals surface area contributed by atoms with Crippen LogP contribution in [0.3, 0.4) is 0 Å². The quantitative estimate of drug-likeness (QED) is 0.454. The minimum atomic E-state index is -0.478. The minimum absolute atomic E-state index is 0.198. The number of anilines is 1. The molecular weight excluding hydrogens is 376 g/mol.